The van der Waals surface area contributed by atoms with Crippen molar-refractivity contribution in [1.82, 2.24) is 30.2 Å². The average Bonchev–Trinajstić information content (AvgIpc) is 3.06. The minimum absolute atomic E-state index is 0. The van der Waals surface area contributed by atoms with Crippen LogP contribution in [0, 0.1) is 13.8 Å². The van der Waals surface area contributed by atoms with Crippen molar-refractivity contribution in [3.05, 3.63) is 35.4 Å². The van der Waals surface area contributed by atoms with E-state index in [1.807, 2.05) is 24.7 Å². The number of aromatic nitrogens is 4. The molecule has 0 aliphatic rings. The van der Waals surface area contributed by atoms with Gasteiger partial charge in [0.15, 0.2) is 5.96 Å². The quantitative estimate of drug-likeness (QED) is 0.296. The summed E-state index contributed by atoms with van der Waals surface area (Å²) in [5.74, 6) is 0.835. The fourth-order valence-corrected chi connectivity index (χ4v) is 2.40. The first-order chi connectivity index (χ1) is 11.1. The Kier molecular flexibility index (Phi) is 8.80. The van der Waals surface area contributed by atoms with Crippen molar-refractivity contribution < 1.29 is 0 Å². The summed E-state index contributed by atoms with van der Waals surface area (Å²) >= 11 is 0. The Labute approximate surface area is 160 Å². The van der Waals surface area contributed by atoms with Gasteiger partial charge in [0.25, 0.3) is 0 Å². The molecule has 134 valence electrons. The molecule has 0 aliphatic heterocycles. The van der Waals surface area contributed by atoms with Crippen LogP contribution in [0.5, 0.6) is 0 Å². The minimum atomic E-state index is 0. The molecule has 0 saturated carbocycles. The molecular weight excluding hydrogens is 417 g/mol. The fourth-order valence-electron chi connectivity index (χ4n) is 2.40. The van der Waals surface area contributed by atoms with Gasteiger partial charge in [-0.15, -0.1) is 24.0 Å². The maximum atomic E-state index is 4.59. The van der Waals surface area contributed by atoms with Gasteiger partial charge >= 0.3 is 0 Å². The van der Waals surface area contributed by atoms with Gasteiger partial charge in [-0.3, -0.25) is 9.36 Å². The van der Waals surface area contributed by atoms with Crippen molar-refractivity contribution in [2.75, 3.05) is 13.1 Å². The van der Waals surface area contributed by atoms with E-state index in [0.717, 1.165) is 43.4 Å². The predicted octanol–water partition coefficient (Wildman–Crippen LogP) is 2.00. The summed E-state index contributed by atoms with van der Waals surface area (Å²) < 4.78 is 3.90. The van der Waals surface area contributed by atoms with E-state index in [1.54, 1.807) is 6.20 Å². The van der Waals surface area contributed by atoms with Crippen molar-refractivity contribution in [3.8, 4) is 0 Å². The van der Waals surface area contributed by atoms with Crippen molar-refractivity contribution in [2.45, 2.75) is 40.3 Å². The van der Waals surface area contributed by atoms with E-state index >= 15 is 0 Å². The van der Waals surface area contributed by atoms with E-state index in [1.165, 1.54) is 5.69 Å². The topological polar surface area (TPSA) is 72.1 Å². The van der Waals surface area contributed by atoms with Crippen molar-refractivity contribution in [1.29, 1.82) is 0 Å². The Morgan fingerprint density at radius 2 is 2.08 bits per heavy atom. The van der Waals surface area contributed by atoms with Crippen LogP contribution in [0.1, 0.15) is 30.4 Å². The first-order valence-electron chi connectivity index (χ1n) is 8.10. The second-order valence-corrected chi connectivity index (χ2v) is 5.57. The lowest BCUT2D eigenvalue weighted by molar-refractivity contribution is 0.555. The summed E-state index contributed by atoms with van der Waals surface area (Å²) in [7, 11) is 1.93. The molecule has 0 atom stereocenters. The van der Waals surface area contributed by atoms with Gasteiger partial charge in [-0.1, -0.05) is 0 Å². The molecular formula is C16H28IN7. The molecule has 2 aromatic heterocycles. The molecule has 0 saturated heterocycles. The Morgan fingerprint density at radius 3 is 2.67 bits per heavy atom. The summed E-state index contributed by atoms with van der Waals surface area (Å²) in [5, 5.41) is 15.3. The van der Waals surface area contributed by atoms with E-state index in [2.05, 4.69) is 50.4 Å². The van der Waals surface area contributed by atoms with Gasteiger partial charge in [-0.25, -0.2) is 4.99 Å². The summed E-state index contributed by atoms with van der Waals surface area (Å²) in [4.78, 5) is 4.59. The molecule has 0 aliphatic carbocycles. The van der Waals surface area contributed by atoms with Crippen LogP contribution >= 0.6 is 24.0 Å². The van der Waals surface area contributed by atoms with E-state index in [9.17, 15) is 0 Å². The summed E-state index contributed by atoms with van der Waals surface area (Å²) in [5.41, 5.74) is 3.37. The van der Waals surface area contributed by atoms with Crippen LogP contribution in [0.25, 0.3) is 0 Å². The monoisotopic (exact) mass is 445 g/mol. The van der Waals surface area contributed by atoms with E-state index in [0.29, 0.717) is 6.54 Å². The molecule has 0 radical (unpaired) electrons. The van der Waals surface area contributed by atoms with E-state index < -0.39 is 0 Å². The van der Waals surface area contributed by atoms with Crippen LogP contribution in [-0.2, 0) is 20.1 Å². The molecule has 2 N–H and O–H groups in total. The zero-order valence-corrected chi connectivity index (χ0v) is 17.2. The van der Waals surface area contributed by atoms with Crippen molar-refractivity contribution in [2.24, 2.45) is 12.0 Å². The molecule has 0 fully saturated rings. The molecule has 8 heteroatoms. The lowest BCUT2D eigenvalue weighted by Gasteiger charge is -2.11. The summed E-state index contributed by atoms with van der Waals surface area (Å²) in [6.07, 6.45) is 2.79. The number of aliphatic imine (C=N–C) groups is 1. The first kappa shape index (κ1) is 20.5. The van der Waals surface area contributed by atoms with Crippen LogP contribution in [0.3, 0.4) is 0 Å². The zero-order valence-electron chi connectivity index (χ0n) is 14.9. The largest absolute Gasteiger partial charge is 0.357 e. The summed E-state index contributed by atoms with van der Waals surface area (Å²) in [6, 6.07) is 4.09. The number of nitrogens with one attached hydrogen (secondary N) is 2. The highest BCUT2D eigenvalue weighted by Crippen LogP contribution is 2.02. The molecule has 7 nitrogen and oxygen atoms in total. The molecule has 2 rings (SSSR count). The van der Waals surface area contributed by atoms with Crippen LogP contribution in [0.2, 0.25) is 0 Å². The summed E-state index contributed by atoms with van der Waals surface area (Å²) in [6.45, 7) is 9.40. The first-order valence-corrected chi connectivity index (χ1v) is 8.10. The number of hydrogen-bond donors (Lipinski definition) is 2. The number of nitrogens with zero attached hydrogens (tertiary/aromatic N) is 5. The maximum Gasteiger partial charge on any atom is 0.191 e. The smallest absolute Gasteiger partial charge is 0.191 e. The van der Waals surface area contributed by atoms with Gasteiger partial charge in [0, 0.05) is 38.6 Å². The van der Waals surface area contributed by atoms with Crippen molar-refractivity contribution >= 4 is 29.9 Å². The highest BCUT2D eigenvalue weighted by Gasteiger charge is 2.02. The maximum absolute atomic E-state index is 4.59. The molecule has 2 heterocycles. The van der Waals surface area contributed by atoms with E-state index in [-0.39, 0.29) is 24.0 Å². The van der Waals surface area contributed by atoms with Crippen LogP contribution in [-0.4, -0.2) is 38.6 Å². The molecule has 2 aromatic rings. The number of aryl methyl sites for hydroxylation is 4. The van der Waals surface area contributed by atoms with Crippen LogP contribution in [0.15, 0.2) is 23.3 Å². The number of guanidine groups is 1. The second-order valence-electron chi connectivity index (χ2n) is 5.57. The van der Waals surface area contributed by atoms with Gasteiger partial charge < -0.3 is 10.6 Å². The van der Waals surface area contributed by atoms with Gasteiger partial charge in [0.05, 0.1) is 17.9 Å². The Balaban J connectivity index is 0.00000288. The minimum Gasteiger partial charge on any atom is -0.357 e. The molecule has 0 amide bonds. The lowest BCUT2D eigenvalue weighted by atomic mass is 10.4. The number of halogens is 1. The average molecular weight is 445 g/mol. The third kappa shape index (κ3) is 6.14. The van der Waals surface area contributed by atoms with E-state index in [4.69, 9.17) is 0 Å². The number of rotatable bonds is 7. The second kappa shape index (κ2) is 10.3. The van der Waals surface area contributed by atoms with Crippen LogP contribution in [0.4, 0.5) is 0 Å². The van der Waals surface area contributed by atoms with Crippen molar-refractivity contribution in [3.63, 3.8) is 0 Å². The SMILES string of the molecule is CCNC(=NCc1ccnn1C)NCCCn1nc(C)cc1C.I. The fraction of sp³-hybridized carbons (Fsp3) is 0.562. The molecule has 0 aromatic carbocycles. The van der Waals surface area contributed by atoms with Crippen LogP contribution < -0.4 is 10.6 Å². The highest BCUT2D eigenvalue weighted by molar-refractivity contribution is 14.0. The molecule has 0 spiro atoms. The predicted molar refractivity (Wildman–Crippen MR) is 108 cm³/mol. The third-order valence-electron chi connectivity index (χ3n) is 3.61. The molecule has 24 heavy (non-hydrogen) atoms. The Bertz CT molecular complexity index is 645. The standard InChI is InChI=1S/C16H27N7.HI/c1-5-17-16(19-12-15-7-9-20-22(15)4)18-8-6-10-23-14(3)11-13(2)21-23;/h7,9,11H,5-6,8,10,12H2,1-4H3,(H2,17,18,19);1H. The van der Waals surface area contributed by atoms with Gasteiger partial charge in [-0.2, -0.15) is 10.2 Å². The van der Waals surface area contributed by atoms with Gasteiger partial charge in [0.1, 0.15) is 0 Å². The Morgan fingerprint density at radius 1 is 1.29 bits per heavy atom. The zero-order chi connectivity index (χ0) is 16.7. The lowest BCUT2D eigenvalue weighted by Crippen LogP contribution is -2.38. The van der Waals surface area contributed by atoms with Gasteiger partial charge in [-0.05, 0) is 39.3 Å². The third-order valence-corrected chi connectivity index (χ3v) is 3.61. The molecule has 0 bridgehead atoms. The molecule has 0 unspecified atom stereocenters. The van der Waals surface area contributed by atoms with Gasteiger partial charge in [0.2, 0.25) is 0 Å². The number of hydrogen-bond acceptors (Lipinski definition) is 3. The highest BCUT2D eigenvalue weighted by atomic mass is 127. The normalized spacial score (nSPS) is 11.2. The Hall–Kier alpha value is -1.58.